The summed E-state index contributed by atoms with van der Waals surface area (Å²) in [5, 5.41) is 4.03. The third-order valence-corrected chi connectivity index (χ3v) is 4.03. The third-order valence-electron chi connectivity index (χ3n) is 4.03. The summed E-state index contributed by atoms with van der Waals surface area (Å²) in [6.07, 6.45) is 2.78. The first-order valence-electron chi connectivity index (χ1n) is 8.41. The summed E-state index contributed by atoms with van der Waals surface area (Å²) in [6.45, 7) is 0.433. The maximum Gasteiger partial charge on any atom is 0.252 e. The fraction of sp³-hybridized carbons (Fsp3) is 0.0476. The smallest absolute Gasteiger partial charge is 0.252 e. The number of hydrogen-bond donors (Lipinski definition) is 2. The van der Waals surface area contributed by atoms with Crippen LogP contribution in [0.25, 0.3) is 10.9 Å². The van der Waals surface area contributed by atoms with E-state index < -0.39 is 0 Å². The normalized spacial score (nSPS) is 10.7. The molecule has 0 amide bonds. The van der Waals surface area contributed by atoms with E-state index in [1.165, 1.54) is 18.3 Å². The van der Waals surface area contributed by atoms with Crippen LogP contribution in [0, 0.1) is 5.82 Å². The van der Waals surface area contributed by atoms with Crippen molar-refractivity contribution < 1.29 is 9.13 Å². The van der Waals surface area contributed by atoms with Gasteiger partial charge in [-0.1, -0.05) is 18.2 Å². The van der Waals surface area contributed by atoms with Gasteiger partial charge in [-0.15, -0.1) is 0 Å². The third kappa shape index (κ3) is 3.95. The molecule has 0 aliphatic rings. The predicted octanol–water partition coefficient (Wildman–Crippen LogP) is 4.47. The van der Waals surface area contributed by atoms with Gasteiger partial charge in [0, 0.05) is 35.9 Å². The highest BCUT2D eigenvalue weighted by molar-refractivity contribution is 5.84. The number of halogens is 1. The molecule has 0 aliphatic heterocycles. The SMILES string of the molecule is O=c1cc(Oc2cccc(NCc3cncc(F)c3)c2)c2ccccc2[nH]1. The van der Waals surface area contributed by atoms with Crippen molar-refractivity contribution in [3.63, 3.8) is 0 Å². The van der Waals surface area contributed by atoms with E-state index in [4.69, 9.17) is 4.74 Å². The van der Waals surface area contributed by atoms with E-state index in [0.717, 1.165) is 16.6 Å². The van der Waals surface area contributed by atoms with E-state index in [2.05, 4.69) is 15.3 Å². The van der Waals surface area contributed by atoms with E-state index in [0.29, 0.717) is 23.6 Å². The Morgan fingerprint density at radius 3 is 2.81 bits per heavy atom. The minimum absolute atomic E-state index is 0.225. The maximum absolute atomic E-state index is 13.2. The highest BCUT2D eigenvalue weighted by atomic mass is 19.1. The molecule has 2 heterocycles. The van der Waals surface area contributed by atoms with Crippen LogP contribution in [-0.4, -0.2) is 9.97 Å². The Morgan fingerprint density at radius 2 is 1.93 bits per heavy atom. The molecule has 0 atom stereocenters. The molecule has 27 heavy (non-hydrogen) atoms. The zero-order valence-electron chi connectivity index (χ0n) is 14.3. The van der Waals surface area contributed by atoms with Crippen LogP contribution in [0.1, 0.15) is 5.56 Å². The zero-order valence-corrected chi connectivity index (χ0v) is 14.3. The number of fused-ring (bicyclic) bond motifs is 1. The van der Waals surface area contributed by atoms with E-state index in [1.54, 1.807) is 6.20 Å². The molecule has 0 spiro atoms. The van der Waals surface area contributed by atoms with Gasteiger partial charge in [0.25, 0.3) is 5.56 Å². The van der Waals surface area contributed by atoms with Gasteiger partial charge in [-0.25, -0.2) is 4.39 Å². The van der Waals surface area contributed by atoms with Crippen LogP contribution in [0.3, 0.4) is 0 Å². The predicted molar refractivity (Wildman–Crippen MR) is 103 cm³/mol. The summed E-state index contributed by atoms with van der Waals surface area (Å²) in [5.74, 6) is 0.710. The number of pyridine rings is 2. The second-order valence-electron chi connectivity index (χ2n) is 6.04. The van der Waals surface area contributed by atoms with Crippen molar-refractivity contribution in [1.82, 2.24) is 9.97 Å². The molecule has 134 valence electrons. The summed E-state index contributed by atoms with van der Waals surface area (Å²) >= 11 is 0. The van der Waals surface area contributed by atoms with Crippen LogP contribution in [0.4, 0.5) is 10.1 Å². The topological polar surface area (TPSA) is 67.0 Å². The summed E-state index contributed by atoms with van der Waals surface area (Å²) in [5.41, 5.74) is 2.04. The molecule has 0 saturated carbocycles. The second-order valence-corrected chi connectivity index (χ2v) is 6.04. The molecule has 2 aromatic heterocycles. The number of aromatic amines is 1. The van der Waals surface area contributed by atoms with Gasteiger partial charge in [-0.05, 0) is 35.9 Å². The van der Waals surface area contributed by atoms with Gasteiger partial charge >= 0.3 is 0 Å². The van der Waals surface area contributed by atoms with Crippen LogP contribution < -0.4 is 15.6 Å². The van der Waals surface area contributed by atoms with Crippen molar-refractivity contribution in [2.24, 2.45) is 0 Å². The number of rotatable bonds is 5. The lowest BCUT2D eigenvalue weighted by molar-refractivity contribution is 0.487. The summed E-state index contributed by atoms with van der Waals surface area (Å²) in [6, 6.07) is 17.7. The lowest BCUT2D eigenvalue weighted by Crippen LogP contribution is -2.05. The van der Waals surface area contributed by atoms with Gasteiger partial charge < -0.3 is 15.0 Å². The quantitative estimate of drug-likeness (QED) is 0.550. The summed E-state index contributed by atoms with van der Waals surface area (Å²) in [7, 11) is 0. The first-order chi connectivity index (χ1) is 13.2. The number of ether oxygens (including phenoxy) is 1. The Bertz CT molecular complexity index is 1160. The molecule has 0 unspecified atom stereocenters. The maximum atomic E-state index is 13.2. The molecule has 4 rings (SSSR count). The van der Waals surface area contributed by atoms with Crippen molar-refractivity contribution in [3.8, 4) is 11.5 Å². The van der Waals surface area contributed by atoms with Crippen molar-refractivity contribution in [1.29, 1.82) is 0 Å². The van der Waals surface area contributed by atoms with Gasteiger partial charge in [-0.3, -0.25) is 9.78 Å². The Balaban J connectivity index is 1.56. The van der Waals surface area contributed by atoms with Crippen LogP contribution >= 0.6 is 0 Å². The van der Waals surface area contributed by atoms with Crippen molar-refractivity contribution in [2.45, 2.75) is 6.54 Å². The molecule has 0 fully saturated rings. The van der Waals surface area contributed by atoms with Crippen molar-refractivity contribution in [3.05, 3.63) is 94.8 Å². The Hall–Kier alpha value is -3.67. The monoisotopic (exact) mass is 361 g/mol. The van der Waals surface area contributed by atoms with Gasteiger partial charge in [0.2, 0.25) is 0 Å². The van der Waals surface area contributed by atoms with E-state index in [1.807, 2.05) is 48.5 Å². The fourth-order valence-corrected chi connectivity index (χ4v) is 2.81. The number of hydrogen-bond acceptors (Lipinski definition) is 4. The second kappa shape index (κ2) is 7.29. The standard InChI is InChI=1S/C21H16FN3O2/c22-15-8-14(11-23-13-15)12-24-16-4-3-5-17(9-16)27-20-10-21(26)25-19-7-2-1-6-18(19)20/h1-11,13,24H,12H2,(H,25,26). The molecular formula is C21H16FN3O2. The van der Waals surface area contributed by atoms with Gasteiger partial charge in [0.15, 0.2) is 0 Å². The molecule has 2 N–H and O–H groups in total. The first-order valence-corrected chi connectivity index (χ1v) is 8.41. The largest absolute Gasteiger partial charge is 0.456 e. The molecule has 4 aromatic rings. The van der Waals surface area contributed by atoms with Crippen LogP contribution in [0.2, 0.25) is 0 Å². The molecule has 0 aliphatic carbocycles. The molecule has 5 nitrogen and oxygen atoms in total. The van der Waals surface area contributed by atoms with Crippen molar-refractivity contribution in [2.75, 3.05) is 5.32 Å². The highest BCUT2D eigenvalue weighted by Crippen LogP contribution is 2.28. The Morgan fingerprint density at radius 1 is 1.04 bits per heavy atom. The summed E-state index contributed by atoms with van der Waals surface area (Å²) in [4.78, 5) is 18.5. The van der Waals surface area contributed by atoms with Gasteiger partial charge in [0.05, 0.1) is 11.7 Å². The van der Waals surface area contributed by atoms with E-state index >= 15 is 0 Å². The zero-order chi connectivity index (χ0) is 18.6. The number of nitrogens with zero attached hydrogens (tertiary/aromatic N) is 1. The molecular weight excluding hydrogens is 345 g/mol. The molecule has 6 heteroatoms. The molecule has 0 radical (unpaired) electrons. The Kier molecular flexibility index (Phi) is 4.53. The minimum Gasteiger partial charge on any atom is -0.456 e. The van der Waals surface area contributed by atoms with Gasteiger partial charge in [-0.2, -0.15) is 0 Å². The number of para-hydroxylation sites is 1. The van der Waals surface area contributed by atoms with E-state index in [9.17, 15) is 9.18 Å². The average Bonchev–Trinajstić information content (AvgIpc) is 2.67. The fourth-order valence-electron chi connectivity index (χ4n) is 2.81. The minimum atomic E-state index is -0.368. The Labute approximate surface area is 154 Å². The lowest BCUT2D eigenvalue weighted by atomic mass is 10.2. The van der Waals surface area contributed by atoms with Crippen LogP contribution in [0.15, 0.2) is 77.9 Å². The van der Waals surface area contributed by atoms with Crippen molar-refractivity contribution >= 4 is 16.6 Å². The van der Waals surface area contributed by atoms with Crippen LogP contribution in [0.5, 0.6) is 11.5 Å². The summed E-state index contributed by atoms with van der Waals surface area (Å²) < 4.78 is 19.2. The van der Waals surface area contributed by atoms with E-state index in [-0.39, 0.29) is 11.4 Å². The number of anilines is 1. The molecule has 0 bridgehead atoms. The first kappa shape index (κ1) is 16.8. The molecule has 2 aromatic carbocycles. The number of H-pyrrole nitrogens is 1. The molecule has 0 saturated heterocycles. The average molecular weight is 361 g/mol. The van der Waals surface area contributed by atoms with Gasteiger partial charge in [0.1, 0.15) is 17.3 Å². The number of benzene rings is 2. The highest BCUT2D eigenvalue weighted by Gasteiger charge is 2.06. The number of nitrogens with one attached hydrogen (secondary N) is 2. The lowest BCUT2D eigenvalue weighted by Gasteiger charge is -2.11. The number of aromatic nitrogens is 2. The van der Waals surface area contributed by atoms with Crippen LogP contribution in [-0.2, 0) is 6.54 Å².